The zero-order valence-electron chi connectivity index (χ0n) is 19.5. The predicted octanol–water partition coefficient (Wildman–Crippen LogP) is 3.58. The van der Waals surface area contributed by atoms with Crippen LogP contribution in [0, 0.1) is 0 Å². The highest BCUT2D eigenvalue weighted by molar-refractivity contribution is 6.70. The molecule has 1 heterocycles. The molecule has 1 rings (SSSR count). The Morgan fingerprint density at radius 2 is 1.32 bits per heavy atom. The van der Waals surface area contributed by atoms with Crippen LogP contribution in [0.5, 0.6) is 0 Å². The van der Waals surface area contributed by atoms with Crippen molar-refractivity contribution in [2.75, 3.05) is 13.7 Å². The molecule has 1 saturated heterocycles. The van der Waals surface area contributed by atoms with Gasteiger partial charge in [-0.3, -0.25) is 4.79 Å². The van der Waals surface area contributed by atoms with E-state index in [9.17, 15) is 4.79 Å². The summed E-state index contributed by atoms with van der Waals surface area (Å²) in [6, 6.07) is 0. The van der Waals surface area contributed by atoms with Crippen LogP contribution in [-0.2, 0) is 32.3 Å². The number of hydrogen-bond acceptors (Lipinski definition) is 7. The maximum absolute atomic E-state index is 11.8. The fourth-order valence-corrected chi connectivity index (χ4v) is 5.80. The second-order valence-electron chi connectivity index (χ2n) is 10.2. The third kappa shape index (κ3) is 9.16. The molecular formula is C18H40O7Si3. The maximum Gasteiger partial charge on any atom is 0.303 e. The smallest absolute Gasteiger partial charge is 0.303 e. The molecule has 0 spiro atoms. The average molecular weight is 453 g/mol. The van der Waals surface area contributed by atoms with Crippen LogP contribution in [0.1, 0.15) is 6.92 Å². The van der Waals surface area contributed by atoms with E-state index in [1.54, 1.807) is 7.11 Å². The first-order valence-corrected chi connectivity index (χ1v) is 20.1. The van der Waals surface area contributed by atoms with E-state index in [2.05, 4.69) is 58.9 Å². The Bertz CT molecular complexity index is 511. The fraction of sp³-hybridized carbons (Fsp3) is 0.944. The van der Waals surface area contributed by atoms with Gasteiger partial charge in [-0.25, -0.2) is 0 Å². The van der Waals surface area contributed by atoms with Crippen molar-refractivity contribution in [2.45, 2.75) is 96.6 Å². The summed E-state index contributed by atoms with van der Waals surface area (Å²) in [4.78, 5) is 11.8. The lowest BCUT2D eigenvalue weighted by molar-refractivity contribution is -0.291. The van der Waals surface area contributed by atoms with Gasteiger partial charge in [0.15, 0.2) is 37.3 Å². The normalized spacial score (nSPS) is 29.6. The van der Waals surface area contributed by atoms with Gasteiger partial charge in [0.25, 0.3) is 0 Å². The van der Waals surface area contributed by atoms with Gasteiger partial charge in [-0.1, -0.05) is 0 Å². The zero-order chi connectivity index (χ0) is 21.9. The van der Waals surface area contributed by atoms with Crippen LogP contribution in [0.25, 0.3) is 0 Å². The summed E-state index contributed by atoms with van der Waals surface area (Å²) >= 11 is 0. The van der Waals surface area contributed by atoms with Crippen molar-refractivity contribution in [1.29, 1.82) is 0 Å². The van der Waals surface area contributed by atoms with Crippen LogP contribution < -0.4 is 0 Å². The molecule has 1 aliphatic heterocycles. The lowest BCUT2D eigenvalue weighted by Crippen LogP contribution is -2.65. The monoisotopic (exact) mass is 452 g/mol. The van der Waals surface area contributed by atoms with Crippen LogP contribution in [0.4, 0.5) is 0 Å². The molecule has 5 atom stereocenters. The second-order valence-corrected chi connectivity index (χ2v) is 23.6. The van der Waals surface area contributed by atoms with E-state index in [-0.39, 0.29) is 6.10 Å². The summed E-state index contributed by atoms with van der Waals surface area (Å²) in [6.07, 6.45) is -2.67. The van der Waals surface area contributed by atoms with Gasteiger partial charge < -0.3 is 27.5 Å². The van der Waals surface area contributed by atoms with Gasteiger partial charge >= 0.3 is 5.97 Å². The van der Waals surface area contributed by atoms with E-state index in [1.165, 1.54) is 6.92 Å². The topological polar surface area (TPSA) is 72.5 Å². The summed E-state index contributed by atoms with van der Waals surface area (Å²) in [7, 11) is -4.15. The molecule has 28 heavy (non-hydrogen) atoms. The van der Waals surface area contributed by atoms with E-state index in [0.29, 0.717) is 6.61 Å². The largest absolute Gasteiger partial charge is 0.454 e. The van der Waals surface area contributed by atoms with Gasteiger partial charge in [0.2, 0.25) is 0 Å². The third-order valence-electron chi connectivity index (χ3n) is 3.79. The lowest BCUT2D eigenvalue weighted by Gasteiger charge is -2.48. The molecule has 0 aromatic rings. The first-order chi connectivity index (χ1) is 12.5. The molecule has 0 bridgehead atoms. The molecule has 1 aliphatic rings. The number of methoxy groups -OCH3 is 1. The Hall–Kier alpha value is -0.0794. The van der Waals surface area contributed by atoms with E-state index >= 15 is 0 Å². The molecule has 1 fully saturated rings. The predicted molar refractivity (Wildman–Crippen MR) is 117 cm³/mol. The molecule has 0 aliphatic carbocycles. The summed E-state index contributed by atoms with van der Waals surface area (Å²) < 4.78 is 36.5. The van der Waals surface area contributed by atoms with Gasteiger partial charge in [-0.05, 0) is 58.9 Å². The summed E-state index contributed by atoms with van der Waals surface area (Å²) in [5.41, 5.74) is 0. The third-order valence-corrected chi connectivity index (χ3v) is 6.78. The number of ether oxygens (including phenoxy) is 3. The van der Waals surface area contributed by atoms with Crippen LogP contribution >= 0.6 is 0 Å². The number of esters is 1. The summed E-state index contributed by atoms with van der Waals surface area (Å²) in [5.74, 6) is -0.400. The van der Waals surface area contributed by atoms with Crippen molar-refractivity contribution in [3.8, 4) is 0 Å². The number of carbonyl (C=O) groups is 1. The van der Waals surface area contributed by atoms with Crippen LogP contribution in [0.3, 0.4) is 0 Å². The zero-order valence-corrected chi connectivity index (χ0v) is 22.5. The Balaban J connectivity index is 3.30. The van der Waals surface area contributed by atoms with Crippen molar-refractivity contribution in [1.82, 2.24) is 0 Å². The number of carbonyl (C=O) groups excluding carboxylic acids is 1. The maximum atomic E-state index is 11.8. The molecule has 7 nitrogen and oxygen atoms in total. The number of hydrogen-bond donors (Lipinski definition) is 0. The molecule has 10 heteroatoms. The van der Waals surface area contributed by atoms with Gasteiger partial charge in [0.05, 0.1) is 6.61 Å². The summed E-state index contributed by atoms with van der Waals surface area (Å²) in [5, 5.41) is 0. The highest BCUT2D eigenvalue weighted by atomic mass is 28.4. The minimum atomic E-state index is -1.99. The van der Waals surface area contributed by atoms with Crippen molar-refractivity contribution in [3.05, 3.63) is 0 Å². The molecule has 0 radical (unpaired) electrons. The van der Waals surface area contributed by atoms with Crippen LogP contribution in [0.15, 0.2) is 0 Å². The molecular weight excluding hydrogens is 412 g/mol. The van der Waals surface area contributed by atoms with Gasteiger partial charge in [0.1, 0.15) is 18.3 Å². The Morgan fingerprint density at radius 3 is 1.71 bits per heavy atom. The van der Waals surface area contributed by atoms with E-state index in [0.717, 1.165) is 0 Å². The highest BCUT2D eigenvalue weighted by Crippen LogP contribution is 2.33. The van der Waals surface area contributed by atoms with Crippen LogP contribution in [0.2, 0.25) is 58.9 Å². The van der Waals surface area contributed by atoms with Crippen LogP contribution in [-0.4, -0.2) is 75.3 Å². The molecule has 166 valence electrons. The fourth-order valence-electron chi connectivity index (χ4n) is 2.94. The van der Waals surface area contributed by atoms with Crippen molar-refractivity contribution in [3.63, 3.8) is 0 Å². The second kappa shape index (κ2) is 9.82. The van der Waals surface area contributed by atoms with Gasteiger partial charge in [-0.2, -0.15) is 0 Å². The number of rotatable bonds is 9. The first-order valence-electron chi connectivity index (χ1n) is 9.87. The first kappa shape index (κ1) is 26.0. The average Bonchev–Trinajstić information content (AvgIpc) is 2.45. The van der Waals surface area contributed by atoms with Gasteiger partial charge in [-0.15, -0.1) is 0 Å². The Labute approximate surface area is 173 Å². The van der Waals surface area contributed by atoms with Crippen molar-refractivity contribution < 1.29 is 32.3 Å². The minimum Gasteiger partial charge on any atom is -0.454 e. The Kier molecular flexibility index (Phi) is 9.10. The molecule has 0 saturated carbocycles. The summed E-state index contributed by atoms with van der Waals surface area (Å²) in [6.45, 7) is 20.9. The molecule has 0 aromatic heterocycles. The van der Waals surface area contributed by atoms with Crippen molar-refractivity contribution >= 4 is 30.9 Å². The lowest BCUT2D eigenvalue weighted by atomic mass is 9.99. The van der Waals surface area contributed by atoms with Gasteiger partial charge in [0, 0.05) is 14.0 Å². The van der Waals surface area contributed by atoms with E-state index < -0.39 is 55.5 Å². The molecule has 0 aromatic carbocycles. The standard InChI is InChI=1S/C18H40O7Si3/c1-13(19)22-17-16(25-28(9,10)11)15(24-27(6,7)8)14(23-18(17)20-2)12-21-26(3,4)5/h14-18H,12H2,1-11H3/t14-,15+,16+,17-,18-/m1/s1. The molecule has 0 unspecified atom stereocenters. The Morgan fingerprint density at radius 1 is 0.821 bits per heavy atom. The van der Waals surface area contributed by atoms with E-state index in [4.69, 9.17) is 27.5 Å². The molecule has 0 N–H and O–H groups in total. The molecule has 0 amide bonds. The minimum absolute atomic E-state index is 0.364. The van der Waals surface area contributed by atoms with Crippen molar-refractivity contribution in [2.24, 2.45) is 0 Å². The highest BCUT2D eigenvalue weighted by Gasteiger charge is 2.52. The SMILES string of the molecule is CO[C@@H]1O[C@H](CO[Si](C)(C)C)[C@H](O[Si](C)(C)C)[C@H](O[Si](C)(C)C)[C@H]1OC(C)=O. The quantitative estimate of drug-likeness (QED) is 0.391. The van der Waals surface area contributed by atoms with E-state index in [1.807, 2.05) is 0 Å².